The van der Waals surface area contributed by atoms with E-state index in [4.69, 9.17) is 16.3 Å². The van der Waals surface area contributed by atoms with E-state index in [1.54, 1.807) is 29.7 Å². The molecule has 3 rings (SSSR count). The summed E-state index contributed by atoms with van der Waals surface area (Å²) in [4.78, 5) is 16.1. The maximum Gasteiger partial charge on any atom is 0.262 e. The number of hydrogen-bond donors (Lipinski definition) is 1. The lowest BCUT2D eigenvalue weighted by molar-refractivity contribution is -0.118. The minimum Gasteiger partial charge on any atom is -0.482 e. The van der Waals surface area contributed by atoms with Crippen molar-refractivity contribution in [3.05, 3.63) is 64.9 Å². The number of rotatable bonds is 5. The number of aromatic nitrogens is 1. The largest absolute Gasteiger partial charge is 0.482 e. The maximum absolute atomic E-state index is 12.9. The molecule has 0 aliphatic heterocycles. The summed E-state index contributed by atoms with van der Waals surface area (Å²) < 4.78 is 18.2. The van der Waals surface area contributed by atoms with Crippen molar-refractivity contribution < 1.29 is 13.9 Å². The van der Waals surface area contributed by atoms with Crippen LogP contribution in [-0.2, 0) is 4.79 Å². The van der Waals surface area contributed by atoms with Crippen molar-refractivity contribution in [3.63, 3.8) is 0 Å². The van der Waals surface area contributed by atoms with Gasteiger partial charge >= 0.3 is 0 Å². The van der Waals surface area contributed by atoms with Crippen molar-refractivity contribution in [2.24, 2.45) is 0 Å². The first-order valence-electron chi connectivity index (χ1n) is 6.99. The summed E-state index contributed by atoms with van der Waals surface area (Å²) in [6.45, 7) is -0.223. The number of anilines is 1. The molecule has 1 aromatic heterocycles. The average molecular weight is 363 g/mol. The molecule has 0 saturated carbocycles. The molecule has 1 N–H and O–H groups in total. The Morgan fingerprint density at radius 1 is 1.25 bits per heavy atom. The highest BCUT2D eigenvalue weighted by molar-refractivity contribution is 7.13. The van der Waals surface area contributed by atoms with Gasteiger partial charge in [0, 0.05) is 22.8 Å². The van der Waals surface area contributed by atoms with Crippen molar-refractivity contribution >= 4 is 34.5 Å². The molecule has 0 bridgehead atoms. The van der Waals surface area contributed by atoms with Crippen LogP contribution < -0.4 is 10.1 Å². The quantitative estimate of drug-likeness (QED) is 0.720. The molecule has 0 spiro atoms. The smallest absolute Gasteiger partial charge is 0.262 e. The molecule has 0 aliphatic carbocycles. The molecule has 0 fully saturated rings. The van der Waals surface area contributed by atoms with Gasteiger partial charge in [0.25, 0.3) is 5.91 Å². The standard InChI is InChI=1S/C17H12ClFN2O2S/c18-14-9-12(19)3-6-15(14)23-10-16(22)21-13-4-1-11(2-5-13)17-20-7-8-24-17/h1-9H,10H2,(H,21,22). The summed E-state index contributed by atoms with van der Waals surface area (Å²) in [6, 6.07) is 11.1. The number of nitrogens with zero attached hydrogens (tertiary/aromatic N) is 1. The number of benzene rings is 2. The Morgan fingerprint density at radius 2 is 2.04 bits per heavy atom. The number of carbonyl (C=O) groups excluding carboxylic acids is 1. The Kier molecular flexibility index (Phi) is 5.08. The summed E-state index contributed by atoms with van der Waals surface area (Å²) in [6.07, 6.45) is 1.74. The number of thiazole rings is 1. The van der Waals surface area contributed by atoms with Crippen LogP contribution in [0.4, 0.5) is 10.1 Å². The van der Waals surface area contributed by atoms with Crippen LogP contribution in [0.15, 0.2) is 54.0 Å². The second-order valence-electron chi connectivity index (χ2n) is 4.83. The van der Waals surface area contributed by atoms with Crippen molar-refractivity contribution in [3.8, 4) is 16.3 Å². The van der Waals surface area contributed by atoms with Crippen molar-refractivity contribution in [1.29, 1.82) is 0 Å². The number of amides is 1. The third-order valence-electron chi connectivity index (χ3n) is 3.10. The zero-order valence-corrected chi connectivity index (χ0v) is 13.9. The molecular weight excluding hydrogens is 351 g/mol. The van der Waals surface area contributed by atoms with Crippen LogP contribution in [0.25, 0.3) is 10.6 Å². The Bertz CT molecular complexity index is 838. The molecule has 2 aromatic carbocycles. The molecule has 0 saturated heterocycles. The molecule has 1 amide bonds. The Balaban J connectivity index is 1.56. The SMILES string of the molecule is O=C(COc1ccc(F)cc1Cl)Nc1ccc(-c2nccs2)cc1. The van der Waals surface area contributed by atoms with E-state index in [1.165, 1.54) is 12.1 Å². The first kappa shape index (κ1) is 16.4. The molecule has 4 nitrogen and oxygen atoms in total. The molecule has 24 heavy (non-hydrogen) atoms. The maximum atomic E-state index is 12.9. The molecule has 3 aromatic rings. The number of ether oxygens (including phenoxy) is 1. The lowest BCUT2D eigenvalue weighted by atomic mass is 10.2. The van der Waals surface area contributed by atoms with Gasteiger partial charge in [-0.05, 0) is 42.5 Å². The summed E-state index contributed by atoms with van der Waals surface area (Å²) in [5, 5.41) is 5.66. The highest BCUT2D eigenvalue weighted by Gasteiger charge is 2.08. The first-order chi connectivity index (χ1) is 11.6. The zero-order chi connectivity index (χ0) is 16.9. The molecular formula is C17H12ClFN2O2S. The van der Waals surface area contributed by atoms with Gasteiger partial charge in [-0.2, -0.15) is 0 Å². The van der Waals surface area contributed by atoms with Gasteiger partial charge in [0.1, 0.15) is 16.6 Å². The monoisotopic (exact) mass is 362 g/mol. The first-order valence-corrected chi connectivity index (χ1v) is 8.25. The van der Waals surface area contributed by atoms with Gasteiger partial charge in [0.05, 0.1) is 5.02 Å². The normalized spacial score (nSPS) is 10.4. The Morgan fingerprint density at radius 3 is 2.71 bits per heavy atom. The summed E-state index contributed by atoms with van der Waals surface area (Å²) in [7, 11) is 0. The van der Waals surface area contributed by atoms with Gasteiger partial charge in [0.15, 0.2) is 6.61 Å². The third kappa shape index (κ3) is 4.10. The van der Waals surface area contributed by atoms with E-state index in [-0.39, 0.29) is 23.3 Å². The highest BCUT2D eigenvalue weighted by atomic mass is 35.5. The Labute approximate surface area is 146 Å². The van der Waals surface area contributed by atoms with Gasteiger partial charge in [0.2, 0.25) is 0 Å². The van der Waals surface area contributed by atoms with E-state index < -0.39 is 5.82 Å². The van der Waals surface area contributed by atoms with Gasteiger partial charge in [-0.3, -0.25) is 4.79 Å². The molecule has 0 unspecified atom stereocenters. The van der Waals surface area contributed by atoms with Crippen molar-refractivity contribution in [2.45, 2.75) is 0 Å². The molecule has 1 heterocycles. The summed E-state index contributed by atoms with van der Waals surface area (Å²) in [5.74, 6) is -0.540. The molecule has 0 radical (unpaired) electrons. The van der Waals surface area contributed by atoms with E-state index >= 15 is 0 Å². The number of nitrogens with one attached hydrogen (secondary N) is 1. The fourth-order valence-electron chi connectivity index (χ4n) is 1.99. The van der Waals surface area contributed by atoms with Gasteiger partial charge in [-0.1, -0.05) is 11.6 Å². The number of halogens is 2. The van der Waals surface area contributed by atoms with Gasteiger partial charge in [-0.15, -0.1) is 11.3 Å². The van der Waals surface area contributed by atoms with Crippen LogP contribution in [0.1, 0.15) is 0 Å². The van der Waals surface area contributed by atoms with E-state index in [9.17, 15) is 9.18 Å². The molecule has 0 atom stereocenters. The van der Waals surface area contributed by atoms with E-state index in [0.717, 1.165) is 16.6 Å². The number of hydrogen-bond acceptors (Lipinski definition) is 4. The third-order valence-corrected chi connectivity index (χ3v) is 4.22. The predicted molar refractivity (Wildman–Crippen MR) is 93.1 cm³/mol. The molecule has 122 valence electrons. The molecule has 0 aliphatic rings. The van der Waals surface area contributed by atoms with Crippen molar-refractivity contribution in [2.75, 3.05) is 11.9 Å². The fraction of sp³-hybridized carbons (Fsp3) is 0.0588. The van der Waals surface area contributed by atoms with Crippen LogP contribution in [0.2, 0.25) is 5.02 Å². The summed E-state index contributed by atoms with van der Waals surface area (Å²) >= 11 is 7.38. The Hall–Kier alpha value is -2.44. The van der Waals surface area contributed by atoms with Crippen LogP contribution in [-0.4, -0.2) is 17.5 Å². The second kappa shape index (κ2) is 7.42. The van der Waals surface area contributed by atoms with E-state index in [0.29, 0.717) is 5.69 Å². The lowest BCUT2D eigenvalue weighted by Gasteiger charge is -2.09. The molecule has 7 heteroatoms. The van der Waals surface area contributed by atoms with E-state index in [1.807, 2.05) is 17.5 Å². The van der Waals surface area contributed by atoms with E-state index in [2.05, 4.69) is 10.3 Å². The summed E-state index contributed by atoms with van der Waals surface area (Å²) in [5.41, 5.74) is 1.63. The van der Waals surface area contributed by atoms with Crippen molar-refractivity contribution in [1.82, 2.24) is 4.98 Å². The van der Waals surface area contributed by atoms with Crippen LogP contribution in [0.5, 0.6) is 5.75 Å². The van der Waals surface area contributed by atoms with Crippen LogP contribution >= 0.6 is 22.9 Å². The predicted octanol–water partition coefficient (Wildman–Crippen LogP) is 4.62. The van der Waals surface area contributed by atoms with Crippen LogP contribution in [0, 0.1) is 5.82 Å². The van der Waals surface area contributed by atoms with Gasteiger partial charge in [-0.25, -0.2) is 9.37 Å². The number of carbonyl (C=O) groups is 1. The second-order valence-corrected chi connectivity index (χ2v) is 6.13. The minimum absolute atomic E-state index is 0.121. The zero-order valence-electron chi connectivity index (χ0n) is 12.3. The lowest BCUT2D eigenvalue weighted by Crippen LogP contribution is -2.20. The minimum atomic E-state index is -0.461. The average Bonchev–Trinajstić information content (AvgIpc) is 3.09. The highest BCUT2D eigenvalue weighted by Crippen LogP contribution is 2.25. The fourth-order valence-corrected chi connectivity index (χ4v) is 2.86. The topological polar surface area (TPSA) is 51.2 Å². The van der Waals surface area contributed by atoms with Gasteiger partial charge < -0.3 is 10.1 Å². The van der Waals surface area contributed by atoms with Crippen LogP contribution in [0.3, 0.4) is 0 Å².